The number of halogens is 1. The summed E-state index contributed by atoms with van der Waals surface area (Å²) in [6, 6.07) is 13.0. The quantitative estimate of drug-likeness (QED) is 0.528. The number of sulfonamides is 1. The summed E-state index contributed by atoms with van der Waals surface area (Å²) in [5.41, 5.74) is 1.09. The van der Waals surface area contributed by atoms with E-state index < -0.39 is 15.3 Å². The van der Waals surface area contributed by atoms with E-state index in [-0.39, 0.29) is 16.0 Å². The summed E-state index contributed by atoms with van der Waals surface area (Å²) >= 11 is 6.97. The first kappa shape index (κ1) is 22.3. The Balaban J connectivity index is 1.66. The minimum atomic E-state index is -3.60. The maximum absolute atomic E-state index is 12.5. The van der Waals surface area contributed by atoms with Crippen LogP contribution in [0.3, 0.4) is 0 Å². The summed E-state index contributed by atoms with van der Waals surface area (Å²) in [5.74, 6) is -0.00554. The van der Waals surface area contributed by atoms with E-state index in [4.69, 9.17) is 16.0 Å². The van der Waals surface area contributed by atoms with Crippen molar-refractivity contribution in [1.82, 2.24) is 14.5 Å². The zero-order valence-electron chi connectivity index (χ0n) is 16.4. The zero-order valence-corrected chi connectivity index (χ0v) is 18.8. The average Bonchev–Trinajstić information content (AvgIpc) is 3.17. The van der Waals surface area contributed by atoms with Crippen molar-refractivity contribution >= 4 is 45.0 Å². The fraction of sp³-hybridized carbons (Fsp3) is 0.211. The Kier molecular flexibility index (Phi) is 6.81. The van der Waals surface area contributed by atoms with Crippen molar-refractivity contribution in [1.29, 1.82) is 0 Å². The van der Waals surface area contributed by atoms with Gasteiger partial charge in [0.05, 0.1) is 10.1 Å². The first-order valence-corrected chi connectivity index (χ1v) is 11.5. The van der Waals surface area contributed by atoms with E-state index in [1.807, 2.05) is 0 Å². The molecule has 1 heterocycles. The van der Waals surface area contributed by atoms with Crippen LogP contribution in [0.4, 0.5) is 5.69 Å². The van der Waals surface area contributed by atoms with Crippen molar-refractivity contribution in [3.05, 3.63) is 53.6 Å². The van der Waals surface area contributed by atoms with Gasteiger partial charge < -0.3 is 9.73 Å². The van der Waals surface area contributed by atoms with Crippen LogP contribution in [0, 0.1) is 0 Å². The summed E-state index contributed by atoms with van der Waals surface area (Å²) in [4.78, 5) is 12.6. The SMILES string of the molecule is CC(Sc1nnc(-c2ccc(Cl)cc2)o1)C(=O)Nc1cccc(S(=O)(=O)N(C)C)c1. The Morgan fingerprint density at radius 2 is 1.87 bits per heavy atom. The lowest BCUT2D eigenvalue weighted by Gasteiger charge is -2.13. The number of hydrogen-bond donors (Lipinski definition) is 1. The normalized spacial score (nSPS) is 12.7. The van der Waals surface area contributed by atoms with Crippen LogP contribution in [-0.4, -0.2) is 48.2 Å². The number of carbonyl (C=O) groups excluding carboxylic acids is 1. The molecule has 0 fully saturated rings. The van der Waals surface area contributed by atoms with Crippen LogP contribution in [0.25, 0.3) is 11.5 Å². The predicted octanol–water partition coefficient (Wildman–Crippen LogP) is 3.76. The lowest BCUT2D eigenvalue weighted by atomic mass is 10.2. The van der Waals surface area contributed by atoms with Gasteiger partial charge in [-0.05, 0) is 49.4 Å². The van der Waals surface area contributed by atoms with Gasteiger partial charge in [-0.2, -0.15) is 0 Å². The van der Waals surface area contributed by atoms with Gasteiger partial charge in [-0.1, -0.05) is 29.4 Å². The highest BCUT2D eigenvalue weighted by Gasteiger charge is 2.21. The molecule has 0 saturated heterocycles. The van der Waals surface area contributed by atoms with Crippen molar-refractivity contribution in [2.45, 2.75) is 22.3 Å². The molecular formula is C19H19ClN4O4S2. The Hall–Kier alpha value is -2.40. The van der Waals surface area contributed by atoms with Gasteiger partial charge in [0, 0.05) is 30.4 Å². The number of hydrogen-bond acceptors (Lipinski definition) is 7. The summed E-state index contributed by atoms with van der Waals surface area (Å²) < 4.78 is 31.2. The molecule has 1 aromatic heterocycles. The van der Waals surface area contributed by atoms with Gasteiger partial charge in [-0.15, -0.1) is 10.2 Å². The lowest BCUT2D eigenvalue weighted by molar-refractivity contribution is -0.115. The highest BCUT2D eigenvalue weighted by atomic mass is 35.5. The summed E-state index contributed by atoms with van der Waals surface area (Å²) in [6.45, 7) is 1.69. The molecule has 1 atom stereocenters. The number of amides is 1. The van der Waals surface area contributed by atoms with Gasteiger partial charge in [0.2, 0.25) is 21.8 Å². The molecule has 8 nitrogen and oxygen atoms in total. The van der Waals surface area contributed by atoms with Gasteiger partial charge in [-0.25, -0.2) is 12.7 Å². The molecule has 3 rings (SSSR count). The molecule has 0 saturated carbocycles. The summed E-state index contributed by atoms with van der Waals surface area (Å²) in [5, 5.41) is 10.9. The molecule has 0 bridgehead atoms. The number of benzene rings is 2. The van der Waals surface area contributed by atoms with Crippen LogP contribution >= 0.6 is 23.4 Å². The molecule has 2 aromatic carbocycles. The number of aromatic nitrogens is 2. The molecule has 0 radical (unpaired) electrons. The molecule has 1 N–H and O–H groups in total. The highest BCUT2D eigenvalue weighted by molar-refractivity contribution is 8.00. The maximum Gasteiger partial charge on any atom is 0.277 e. The second kappa shape index (κ2) is 9.17. The molecule has 11 heteroatoms. The van der Waals surface area contributed by atoms with E-state index in [1.54, 1.807) is 43.3 Å². The molecule has 158 valence electrons. The first-order chi connectivity index (χ1) is 14.2. The van der Waals surface area contributed by atoms with Crippen molar-refractivity contribution in [3.8, 4) is 11.5 Å². The first-order valence-electron chi connectivity index (χ1n) is 8.76. The lowest BCUT2D eigenvalue weighted by Crippen LogP contribution is -2.24. The summed E-state index contributed by atoms with van der Waals surface area (Å²) in [7, 11) is -0.702. The van der Waals surface area contributed by atoms with Crippen LogP contribution in [0.1, 0.15) is 6.92 Å². The van der Waals surface area contributed by atoms with Crippen LogP contribution < -0.4 is 5.32 Å². The van der Waals surface area contributed by atoms with E-state index in [9.17, 15) is 13.2 Å². The number of anilines is 1. The highest BCUT2D eigenvalue weighted by Crippen LogP contribution is 2.27. The van der Waals surface area contributed by atoms with Gasteiger partial charge in [0.1, 0.15) is 0 Å². The van der Waals surface area contributed by atoms with Gasteiger partial charge in [0.15, 0.2) is 0 Å². The summed E-state index contributed by atoms with van der Waals surface area (Å²) in [6.07, 6.45) is 0. The molecule has 0 aliphatic rings. The van der Waals surface area contributed by atoms with E-state index >= 15 is 0 Å². The monoisotopic (exact) mass is 466 g/mol. The van der Waals surface area contributed by atoms with E-state index in [0.29, 0.717) is 16.6 Å². The van der Waals surface area contributed by atoms with E-state index in [2.05, 4.69) is 15.5 Å². The smallest absolute Gasteiger partial charge is 0.277 e. The third-order valence-electron chi connectivity index (χ3n) is 4.02. The zero-order chi connectivity index (χ0) is 21.9. The minimum absolute atomic E-state index is 0.0927. The maximum atomic E-state index is 12.5. The molecule has 1 unspecified atom stereocenters. The molecule has 0 aliphatic heterocycles. The number of thioether (sulfide) groups is 1. The topological polar surface area (TPSA) is 105 Å². The molecule has 30 heavy (non-hydrogen) atoms. The Morgan fingerprint density at radius 3 is 2.53 bits per heavy atom. The molecule has 3 aromatic rings. The van der Waals surface area contributed by atoms with E-state index in [1.165, 1.54) is 26.2 Å². The Morgan fingerprint density at radius 1 is 1.17 bits per heavy atom. The number of nitrogens with zero attached hydrogens (tertiary/aromatic N) is 3. The number of rotatable bonds is 7. The third-order valence-corrected chi connectivity index (χ3v) is 7.02. The van der Waals surface area contributed by atoms with Crippen molar-refractivity contribution in [2.75, 3.05) is 19.4 Å². The van der Waals surface area contributed by atoms with Gasteiger partial charge in [0.25, 0.3) is 5.22 Å². The largest absolute Gasteiger partial charge is 0.411 e. The fourth-order valence-electron chi connectivity index (χ4n) is 2.36. The van der Waals surface area contributed by atoms with E-state index in [0.717, 1.165) is 21.6 Å². The average molecular weight is 467 g/mol. The third kappa shape index (κ3) is 5.20. The minimum Gasteiger partial charge on any atom is -0.411 e. The van der Waals surface area contributed by atoms with Crippen molar-refractivity contribution < 1.29 is 17.6 Å². The fourth-order valence-corrected chi connectivity index (χ4v) is 4.12. The van der Waals surface area contributed by atoms with Gasteiger partial charge in [-0.3, -0.25) is 4.79 Å². The van der Waals surface area contributed by atoms with Crippen LogP contribution in [0.15, 0.2) is 63.1 Å². The van der Waals surface area contributed by atoms with Crippen LogP contribution in [0.2, 0.25) is 5.02 Å². The van der Waals surface area contributed by atoms with Crippen LogP contribution in [-0.2, 0) is 14.8 Å². The molecule has 1 amide bonds. The second-order valence-electron chi connectivity index (χ2n) is 6.44. The van der Waals surface area contributed by atoms with Gasteiger partial charge >= 0.3 is 0 Å². The molecular weight excluding hydrogens is 448 g/mol. The van der Waals surface area contributed by atoms with Crippen molar-refractivity contribution in [2.24, 2.45) is 0 Å². The standard InChI is InChI=1S/C19H19ClN4O4S2/c1-12(29-19-23-22-18(28-19)13-7-9-14(20)10-8-13)17(25)21-15-5-4-6-16(11-15)30(26,27)24(2)3/h4-12H,1-3H3,(H,21,25). The predicted molar refractivity (Wildman–Crippen MR) is 116 cm³/mol. The number of carbonyl (C=O) groups is 1. The Labute approximate surface area is 183 Å². The second-order valence-corrected chi connectivity index (χ2v) is 10.3. The number of nitrogens with one attached hydrogen (secondary N) is 1. The molecule has 0 spiro atoms. The molecule has 0 aliphatic carbocycles. The Bertz CT molecular complexity index is 1150. The van der Waals surface area contributed by atoms with Crippen LogP contribution in [0.5, 0.6) is 0 Å². The van der Waals surface area contributed by atoms with Crippen molar-refractivity contribution in [3.63, 3.8) is 0 Å².